The molecule has 11 heteroatoms. The van der Waals surface area contributed by atoms with Gasteiger partial charge in [0.05, 0.1) is 28.9 Å². The van der Waals surface area contributed by atoms with Crippen LogP contribution in [0.5, 0.6) is 5.75 Å². The van der Waals surface area contributed by atoms with Gasteiger partial charge >= 0.3 is 6.09 Å². The number of unbranched alkanes of at least 4 members (excludes halogenated alkanes) is 1. The van der Waals surface area contributed by atoms with Crippen LogP contribution in [-0.4, -0.2) is 98.1 Å². The molecule has 230 valence electrons. The minimum atomic E-state index is -1.23. The number of hydrogen-bond donors (Lipinski definition) is 0. The Labute approximate surface area is 249 Å². The predicted octanol–water partition coefficient (Wildman–Crippen LogP) is 5.15. The normalized spacial score (nSPS) is 21.0. The molecule has 1 aromatic carbocycles. The van der Waals surface area contributed by atoms with E-state index in [1.807, 2.05) is 34.6 Å². The minimum Gasteiger partial charge on any atom is -0.473 e. The molecule has 1 fully saturated rings. The van der Waals surface area contributed by atoms with Crippen molar-refractivity contribution in [1.82, 2.24) is 9.80 Å². The maximum atomic E-state index is 14.1. The Morgan fingerprint density at radius 1 is 1.20 bits per heavy atom. The van der Waals surface area contributed by atoms with Gasteiger partial charge in [0.2, 0.25) is 5.60 Å². The van der Waals surface area contributed by atoms with E-state index >= 15 is 0 Å². The first-order chi connectivity index (χ1) is 19.2. The Morgan fingerprint density at radius 2 is 1.90 bits per heavy atom. The average Bonchev–Trinajstić information content (AvgIpc) is 2.87. The van der Waals surface area contributed by atoms with E-state index in [9.17, 15) is 14.4 Å². The molecular formula is C30H46ClN3O7. The van der Waals surface area contributed by atoms with Crippen LogP contribution in [0.15, 0.2) is 12.1 Å². The smallest absolute Gasteiger partial charge is 0.410 e. The fourth-order valence-corrected chi connectivity index (χ4v) is 5.66. The van der Waals surface area contributed by atoms with Crippen molar-refractivity contribution >= 4 is 35.2 Å². The van der Waals surface area contributed by atoms with Gasteiger partial charge in [0.15, 0.2) is 0 Å². The summed E-state index contributed by atoms with van der Waals surface area (Å²) in [6.45, 7) is 13.1. The quantitative estimate of drug-likeness (QED) is 0.345. The van der Waals surface area contributed by atoms with Crippen LogP contribution in [0.3, 0.4) is 0 Å². The number of halogens is 1. The van der Waals surface area contributed by atoms with Crippen LogP contribution in [0.2, 0.25) is 5.02 Å². The maximum absolute atomic E-state index is 14.1. The van der Waals surface area contributed by atoms with Crippen molar-refractivity contribution in [2.24, 2.45) is 0 Å². The van der Waals surface area contributed by atoms with Crippen molar-refractivity contribution in [3.05, 3.63) is 22.7 Å². The third kappa shape index (κ3) is 7.84. The highest BCUT2D eigenvalue weighted by Gasteiger charge is 2.45. The second kappa shape index (κ2) is 13.6. The van der Waals surface area contributed by atoms with Crippen LogP contribution in [0.4, 0.5) is 10.5 Å². The number of amides is 3. The molecular weight excluding hydrogens is 550 g/mol. The number of likely N-dealkylation sites (tertiary alicyclic amines) is 1. The molecule has 1 unspecified atom stereocenters. The first-order valence-corrected chi connectivity index (χ1v) is 14.7. The first-order valence-electron chi connectivity index (χ1n) is 14.4. The molecule has 0 aliphatic carbocycles. The van der Waals surface area contributed by atoms with E-state index in [4.69, 9.17) is 30.5 Å². The lowest BCUT2D eigenvalue weighted by Crippen LogP contribution is -2.57. The van der Waals surface area contributed by atoms with Gasteiger partial charge in [-0.3, -0.25) is 9.59 Å². The molecule has 0 saturated carbocycles. The van der Waals surface area contributed by atoms with Crippen molar-refractivity contribution in [2.45, 2.75) is 90.5 Å². The van der Waals surface area contributed by atoms with E-state index in [0.29, 0.717) is 44.1 Å². The van der Waals surface area contributed by atoms with Crippen molar-refractivity contribution < 1.29 is 33.3 Å². The van der Waals surface area contributed by atoms with E-state index in [1.54, 1.807) is 40.9 Å². The zero-order valence-corrected chi connectivity index (χ0v) is 26.5. The number of carbonyl (C=O) groups is 3. The lowest BCUT2D eigenvalue weighted by Gasteiger charge is -2.42. The third-order valence-electron chi connectivity index (χ3n) is 7.24. The standard InChI is InChI=1S/C30H46ClN3O7/c1-20(2)34(21-12-11-13-32(18-21)28(37)41-29(3,4)5)26(35)22-16-24-25(17-23(22)31)40-30(6,19-39-8)27(36)33(24)14-9-10-15-38-7/h16-17,20-21H,9-15,18-19H2,1-8H3/t21-,30?/m1/s1. The van der Waals surface area contributed by atoms with Gasteiger partial charge in [0.1, 0.15) is 11.4 Å². The summed E-state index contributed by atoms with van der Waals surface area (Å²) >= 11 is 6.73. The number of methoxy groups -OCH3 is 2. The van der Waals surface area contributed by atoms with Gasteiger partial charge in [0, 0.05) is 52.6 Å². The number of anilines is 1. The second-order valence-electron chi connectivity index (χ2n) is 12.3. The van der Waals surface area contributed by atoms with Gasteiger partial charge in [-0.2, -0.15) is 0 Å². The molecule has 0 aromatic heterocycles. The summed E-state index contributed by atoms with van der Waals surface area (Å²) in [5.41, 5.74) is -1.06. The van der Waals surface area contributed by atoms with Crippen LogP contribution in [-0.2, 0) is 19.0 Å². The van der Waals surface area contributed by atoms with Crippen molar-refractivity contribution in [1.29, 1.82) is 0 Å². The van der Waals surface area contributed by atoms with Crippen LogP contribution >= 0.6 is 11.6 Å². The largest absolute Gasteiger partial charge is 0.473 e. The van der Waals surface area contributed by atoms with E-state index < -0.39 is 11.2 Å². The molecule has 10 nitrogen and oxygen atoms in total. The zero-order chi connectivity index (χ0) is 30.5. The zero-order valence-electron chi connectivity index (χ0n) is 25.8. The van der Waals surface area contributed by atoms with Crippen LogP contribution in [0.25, 0.3) is 0 Å². The highest BCUT2D eigenvalue weighted by molar-refractivity contribution is 6.34. The monoisotopic (exact) mass is 595 g/mol. The number of ether oxygens (including phenoxy) is 4. The summed E-state index contributed by atoms with van der Waals surface area (Å²) < 4.78 is 22.2. The Bertz CT molecular complexity index is 1110. The molecule has 3 amide bonds. The Balaban J connectivity index is 1.94. The van der Waals surface area contributed by atoms with Crippen molar-refractivity contribution in [2.75, 3.05) is 52.0 Å². The molecule has 0 spiro atoms. The fraction of sp³-hybridized carbons (Fsp3) is 0.700. The lowest BCUT2D eigenvalue weighted by molar-refractivity contribution is -0.138. The van der Waals surface area contributed by atoms with Crippen molar-refractivity contribution in [3.8, 4) is 5.75 Å². The maximum Gasteiger partial charge on any atom is 0.410 e. The van der Waals surface area contributed by atoms with Gasteiger partial charge in [-0.25, -0.2) is 4.79 Å². The van der Waals surface area contributed by atoms with Crippen LogP contribution in [0.1, 0.15) is 77.6 Å². The molecule has 2 aliphatic heterocycles. The summed E-state index contributed by atoms with van der Waals surface area (Å²) in [4.78, 5) is 45.7. The molecule has 1 aromatic rings. The van der Waals surface area contributed by atoms with Gasteiger partial charge in [0.25, 0.3) is 11.8 Å². The van der Waals surface area contributed by atoms with Crippen LogP contribution in [0, 0.1) is 0 Å². The van der Waals surface area contributed by atoms with Gasteiger partial charge in [-0.1, -0.05) is 11.6 Å². The molecule has 41 heavy (non-hydrogen) atoms. The number of rotatable bonds is 10. The predicted molar refractivity (Wildman–Crippen MR) is 158 cm³/mol. The molecule has 0 bridgehead atoms. The summed E-state index contributed by atoms with van der Waals surface area (Å²) in [6, 6.07) is 2.89. The Kier molecular flexibility index (Phi) is 10.9. The van der Waals surface area contributed by atoms with Gasteiger partial charge in [-0.05, 0) is 73.3 Å². The SMILES string of the molecule is COCCCCN1C(=O)C(C)(COC)Oc2cc(Cl)c(C(=O)N(C(C)C)[C@@H]3CCCN(C(=O)OC(C)(C)C)C3)cc21. The van der Waals surface area contributed by atoms with E-state index in [-0.39, 0.29) is 47.2 Å². The third-order valence-corrected chi connectivity index (χ3v) is 7.55. The topological polar surface area (TPSA) is 97.8 Å². The average molecular weight is 596 g/mol. The summed E-state index contributed by atoms with van der Waals surface area (Å²) in [5.74, 6) is -0.0888. The number of piperidine rings is 1. The summed E-state index contributed by atoms with van der Waals surface area (Å²) in [5, 5.41) is 0.229. The van der Waals surface area contributed by atoms with E-state index in [1.165, 1.54) is 7.11 Å². The number of fused-ring (bicyclic) bond motifs is 1. The van der Waals surface area contributed by atoms with E-state index in [0.717, 1.165) is 19.3 Å². The molecule has 2 atom stereocenters. The second-order valence-corrected chi connectivity index (χ2v) is 12.7. The fourth-order valence-electron chi connectivity index (χ4n) is 5.42. The number of nitrogens with zero attached hydrogens (tertiary/aromatic N) is 3. The first kappa shape index (κ1) is 32.9. The Hall–Kier alpha value is -2.56. The highest BCUT2D eigenvalue weighted by atomic mass is 35.5. The number of hydrogen-bond acceptors (Lipinski definition) is 7. The molecule has 0 N–H and O–H groups in total. The molecule has 3 rings (SSSR count). The number of carbonyl (C=O) groups excluding carboxylic acids is 3. The van der Waals surface area contributed by atoms with Crippen LogP contribution < -0.4 is 9.64 Å². The Morgan fingerprint density at radius 3 is 2.51 bits per heavy atom. The molecule has 2 aliphatic rings. The minimum absolute atomic E-state index is 0.0646. The molecule has 2 heterocycles. The number of benzene rings is 1. The van der Waals surface area contributed by atoms with Gasteiger partial charge < -0.3 is 33.6 Å². The molecule has 0 radical (unpaired) electrons. The van der Waals surface area contributed by atoms with Gasteiger partial charge in [-0.15, -0.1) is 0 Å². The van der Waals surface area contributed by atoms with Crippen molar-refractivity contribution in [3.63, 3.8) is 0 Å². The molecule has 1 saturated heterocycles. The summed E-state index contributed by atoms with van der Waals surface area (Å²) in [7, 11) is 3.16. The summed E-state index contributed by atoms with van der Waals surface area (Å²) in [6.07, 6.45) is 2.58. The lowest BCUT2D eigenvalue weighted by atomic mass is 9.99. The van der Waals surface area contributed by atoms with E-state index in [2.05, 4.69) is 0 Å². The highest BCUT2D eigenvalue weighted by Crippen LogP contribution is 2.42.